The van der Waals surface area contributed by atoms with E-state index in [9.17, 15) is 4.79 Å². The summed E-state index contributed by atoms with van der Waals surface area (Å²) in [5, 5.41) is 2.92. The lowest BCUT2D eigenvalue weighted by Crippen LogP contribution is -2.32. The smallest absolute Gasteiger partial charge is 0.321 e. The van der Waals surface area contributed by atoms with Crippen molar-refractivity contribution in [3.63, 3.8) is 0 Å². The van der Waals surface area contributed by atoms with Gasteiger partial charge < -0.3 is 16.0 Å². The zero-order chi connectivity index (χ0) is 13.1. The molecule has 18 heavy (non-hydrogen) atoms. The van der Waals surface area contributed by atoms with Crippen molar-refractivity contribution in [3.05, 3.63) is 29.3 Å². The van der Waals surface area contributed by atoms with E-state index >= 15 is 0 Å². The number of anilines is 1. The van der Waals surface area contributed by atoms with Crippen molar-refractivity contribution < 1.29 is 4.79 Å². The summed E-state index contributed by atoms with van der Waals surface area (Å²) in [4.78, 5) is 14.2. The first-order valence-corrected chi connectivity index (χ1v) is 6.45. The Hall–Kier alpha value is -1.62. The number of aryl methyl sites for hydroxylation is 1. The van der Waals surface area contributed by atoms with Gasteiger partial charge in [0.25, 0.3) is 0 Å². The van der Waals surface area contributed by atoms with E-state index < -0.39 is 0 Å². The number of benzene rings is 1. The number of hydrogen-bond donors (Lipinski definition) is 2. The van der Waals surface area contributed by atoms with Crippen molar-refractivity contribution in [3.8, 4) is 0 Å². The van der Waals surface area contributed by atoms with Gasteiger partial charge in [-0.1, -0.05) is 24.4 Å². The molecule has 4 nitrogen and oxygen atoms in total. The van der Waals surface area contributed by atoms with Crippen LogP contribution in [0.4, 0.5) is 10.5 Å². The maximum Gasteiger partial charge on any atom is 0.321 e. The van der Waals surface area contributed by atoms with E-state index in [1.54, 1.807) is 0 Å². The van der Waals surface area contributed by atoms with E-state index in [0.29, 0.717) is 4.99 Å². The molecule has 3 N–H and O–H groups in total. The Morgan fingerprint density at radius 2 is 2.06 bits per heavy atom. The van der Waals surface area contributed by atoms with Gasteiger partial charge in [-0.05, 0) is 31.4 Å². The van der Waals surface area contributed by atoms with Gasteiger partial charge in [0.05, 0.1) is 0 Å². The standard InChI is InChI=1S/C13H17N3OS/c1-9-4-5-10(12(14)18)8-11(9)15-13(17)16-6-2-3-7-16/h4-5,8H,2-3,6-7H2,1H3,(H2,14,18)(H,15,17). The highest BCUT2D eigenvalue weighted by Crippen LogP contribution is 2.18. The van der Waals surface area contributed by atoms with Gasteiger partial charge >= 0.3 is 6.03 Å². The van der Waals surface area contributed by atoms with Crippen LogP contribution < -0.4 is 11.1 Å². The van der Waals surface area contributed by atoms with E-state index in [2.05, 4.69) is 5.32 Å². The van der Waals surface area contributed by atoms with Crippen LogP contribution >= 0.6 is 12.2 Å². The van der Waals surface area contributed by atoms with Crippen LogP contribution in [0.15, 0.2) is 18.2 Å². The van der Waals surface area contributed by atoms with Crippen LogP contribution in [0, 0.1) is 6.92 Å². The number of nitrogens with one attached hydrogen (secondary N) is 1. The average molecular weight is 263 g/mol. The van der Waals surface area contributed by atoms with Crippen molar-refractivity contribution >= 4 is 28.9 Å². The molecule has 0 bridgehead atoms. The Kier molecular flexibility index (Phi) is 3.81. The van der Waals surface area contributed by atoms with Crippen molar-refractivity contribution in [2.75, 3.05) is 18.4 Å². The summed E-state index contributed by atoms with van der Waals surface area (Å²) in [6.45, 7) is 3.61. The second-order valence-corrected chi connectivity index (χ2v) is 4.96. The quantitative estimate of drug-likeness (QED) is 0.805. The number of amides is 2. The average Bonchev–Trinajstić information content (AvgIpc) is 2.85. The van der Waals surface area contributed by atoms with E-state index in [4.69, 9.17) is 18.0 Å². The van der Waals surface area contributed by atoms with E-state index in [1.165, 1.54) is 0 Å². The largest absolute Gasteiger partial charge is 0.389 e. The van der Waals surface area contributed by atoms with E-state index in [0.717, 1.165) is 42.7 Å². The highest BCUT2D eigenvalue weighted by Gasteiger charge is 2.18. The van der Waals surface area contributed by atoms with Crippen molar-refractivity contribution in [2.24, 2.45) is 5.73 Å². The number of nitrogens with zero attached hydrogens (tertiary/aromatic N) is 1. The second-order valence-electron chi connectivity index (χ2n) is 4.52. The van der Waals surface area contributed by atoms with Gasteiger partial charge in [-0.25, -0.2) is 4.79 Å². The predicted octanol–water partition coefficient (Wildman–Crippen LogP) is 2.26. The Bertz CT molecular complexity index is 481. The predicted molar refractivity (Wildman–Crippen MR) is 76.9 cm³/mol. The lowest BCUT2D eigenvalue weighted by Gasteiger charge is -2.17. The first-order chi connectivity index (χ1) is 8.58. The fraction of sp³-hybridized carbons (Fsp3) is 0.385. The normalized spacial score (nSPS) is 14.6. The maximum absolute atomic E-state index is 12.0. The molecule has 1 fully saturated rings. The summed E-state index contributed by atoms with van der Waals surface area (Å²) in [6.07, 6.45) is 2.17. The molecule has 1 aromatic rings. The van der Waals surface area contributed by atoms with Crippen LogP contribution in [0.2, 0.25) is 0 Å². The molecule has 1 aliphatic heterocycles. The molecule has 0 saturated carbocycles. The van der Waals surface area contributed by atoms with Gasteiger partial charge in [0.15, 0.2) is 0 Å². The minimum atomic E-state index is -0.0457. The SMILES string of the molecule is Cc1ccc(C(N)=S)cc1NC(=O)N1CCCC1. The summed E-state index contributed by atoms with van der Waals surface area (Å²) in [5.41, 5.74) is 8.14. The first kappa shape index (κ1) is 12.8. The van der Waals surface area contributed by atoms with Crippen LogP contribution in [0.3, 0.4) is 0 Å². The number of rotatable bonds is 2. The molecule has 1 saturated heterocycles. The summed E-state index contributed by atoms with van der Waals surface area (Å²) in [6, 6.07) is 5.55. The molecule has 0 unspecified atom stereocenters. The Morgan fingerprint density at radius 1 is 1.39 bits per heavy atom. The van der Waals surface area contributed by atoms with Crippen molar-refractivity contribution in [1.82, 2.24) is 4.90 Å². The molecule has 0 spiro atoms. The Labute approximate surface area is 112 Å². The molecule has 96 valence electrons. The third kappa shape index (κ3) is 2.79. The number of carbonyl (C=O) groups is 1. The topological polar surface area (TPSA) is 58.4 Å². The number of thiocarbonyl (C=S) groups is 1. The highest BCUT2D eigenvalue weighted by molar-refractivity contribution is 7.80. The minimum Gasteiger partial charge on any atom is -0.389 e. The summed E-state index contributed by atoms with van der Waals surface area (Å²) < 4.78 is 0. The molecule has 1 heterocycles. The summed E-state index contributed by atoms with van der Waals surface area (Å²) >= 11 is 4.94. The van der Waals surface area contributed by atoms with Crippen LogP contribution in [0.25, 0.3) is 0 Å². The van der Waals surface area contributed by atoms with Crippen LogP contribution in [0.5, 0.6) is 0 Å². The molecular weight excluding hydrogens is 246 g/mol. The maximum atomic E-state index is 12.0. The fourth-order valence-corrected chi connectivity index (χ4v) is 2.15. The molecule has 1 aliphatic rings. The molecule has 0 atom stereocenters. The molecule has 0 radical (unpaired) electrons. The van der Waals surface area contributed by atoms with Gasteiger partial charge in [-0.3, -0.25) is 0 Å². The van der Waals surface area contributed by atoms with Crippen molar-refractivity contribution in [2.45, 2.75) is 19.8 Å². The monoisotopic (exact) mass is 263 g/mol. The molecule has 5 heteroatoms. The number of nitrogens with two attached hydrogens (primary N) is 1. The lowest BCUT2D eigenvalue weighted by molar-refractivity contribution is 0.222. The summed E-state index contributed by atoms with van der Waals surface area (Å²) in [5.74, 6) is 0. The number of carbonyl (C=O) groups excluding carboxylic acids is 1. The van der Waals surface area contributed by atoms with E-state index in [-0.39, 0.29) is 6.03 Å². The molecule has 0 aliphatic carbocycles. The van der Waals surface area contributed by atoms with Gasteiger partial charge in [0, 0.05) is 24.3 Å². The first-order valence-electron chi connectivity index (χ1n) is 6.04. The molecular formula is C13H17N3OS. The Morgan fingerprint density at radius 3 is 2.67 bits per heavy atom. The summed E-state index contributed by atoms with van der Waals surface area (Å²) in [7, 11) is 0. The molecule has 1 aromatic carbocycles. The second kappa shape index (κ2) is 5.35. The number of urea groups is 1. The van der Waals surface area contributed by atoms with Crippen LogP contribution in [0.1, 0.15) is 24.0 Å². The zero-order valence-corrected chi connectivity index (χ0v) is 11.2. The molecule has 2 rings (SSSR count). The zero-order valence-electron chi connectivity index (χ0n) is 10.4. The lowest BCUT2D eigenvalue weighted by atomic mass is 10.1. The number of hydrogen-bond acceptors (Lipinski definition) is 2. The van der Waals surface area contributed by atoms with Gasteiger partial charge in [-0.2, -0.15) is 0 Å². The third-order valence-corrected chi connectivity index (χ3v) is 3.39. The Balaban J connectivity index is 2.14. The van der Waals surface area contributed by atoms with Gasteiger partial charge in [-0.15, -0.1) is 0 Å². The molecule has 0 aromatic heterocycles. The molecule has 2 amide bonds. The van der Waals surface area contributed by atoms with Crippen LogP contribution in [-0.4, -0.2) is 29.0 Å². The third-order valence-electron chi connectivity index (χ3n) is 3.16. The van der Waals surface area contributed by atoms with Gasteiger partial charge in [0.2, 0.25) is 0 Å². The highest BCUT2D eigenvalue weighted by atomic mass is 32.1. The number of likely N-dealkylation sites (tertiary alicyclic amines) is 1. The minimum absolute atomic E-state index is 0.0457. The van der Waals surface area contributed by atoms with E-state index in [1.807, 2.05) is 30.0 Å². The van der Waals surface area contributed by atoms with Crippen molar-refractivity contribution in [1.29, 1.82) is 0 Å². The van der Waals surface area contributed by atoms with Gasteiger partial charge in [0.1, 0.15) is 4.99 Å². The fourth-order valence-electron chi connectivity index (χ4n) is 2.02. The van der Waals surface area contributed by atoms with Crippen LogP contribution in [-0.2, 0) is 0 Å².